The molecule has 0 spiro atoms. The van der Waals surface area contributed by atoms with Crippen LogP contribution < -0.4 is 9.86 Å². The van der Waals surface area contributed by atoms with E-state index in [1.54, 1.807) is 0 Å². The molecule has 0 aliphatic carbocycles. The van der Waals surface area contributed by atoms with E-state index in [1.807, 2.05) is 0 Å². The quantitative estimate of drug-likeness (QED) is 0.700. The summed E-state index contributed by atoms with van der Waals surface area (Å²) in [4.78, 5) is 10.8. The Bertz CT molecular complexity index is 740. The zero-order valence-corrected chi connectivity index (χ0v) is 13.1. The molecule has 0 amide bonds. The molecule has 0 aliphatic heterocycles. The Morgan fingerprint density at radius 3 is 2.43 bits per heavy atom. The summed E-state index contributed by atoms with van der Waals surface area (Å²) >= 11 is 0. The molecule has 0 bridgehead atoms. The predicted molar refractivity (Wildman–Crippen MR) is 76.6 cm³/mol. The number of methoxy groups -OCH3 is 1. The highest BCUT2D eigenvalue weighted by atomic mass is 32.2. The third-order valence-electron chi connectivity index (χ3n) is 2.57. The van der Waals surface area contributed by atoms with Crippen LogP contribution in [0.2, 0.25) is 0 Å². The zero-order chi connectivity index (χ0) is 16.3. The summed E-state index contributed by atoms with van der Waals surface area (Å²) in [6.07, 6.45) is -0.306. The first-order chi connectivity index (χ1) is 9.55. The molecular formula is C11H16N2O6S2. The van der Waals surface area contributed by atoms with Gasteiger partial charge < -0.3 is 4.74 Å². The van der Waals surface area contributed by atoms with Gasteiger partial charge in [0.05, 0.1) is 24.2 Å². The Morgan fingerprint density at radius 1 is 1.29 bits per heavy atom. The van der Waals surface area contributed by atoms with Crippen LogP contribution in [0.1, 0.15) is 12.0 Å². The lowest BCUT2D eigenvalue weighted by molar-refractivity contribution is -0.140. The number of primary sulfonamides is 1. The van der Waals surface area contributed by atoms with Crippen molar-refractivity contribution >= 4 is 31.7 Å². The van der Waals surface area contributed by atoms with Crippen LogP contribution in [-0.4, -0.2) is 35.7 Å². The fourth-order valence-corrected chi connectivity index (χ4v) is 3.35. The first-order valence-electron chi connectivity index (χ1n) is 5.76. The molecular weight excluding hydrogens is 320 g/mol. The average Bonchev–Trinajstić information content (AvgIpc) is 2.36. The number of sulfonamides is 2. The van der Waals surface area contributed by atoms with Crippen molar-refractivity contribution in [1.82, 2.24) is 0 Å². The standard InChI is InChI=1S/C11H16N2O6S2/c1-8-3-4-9(7-10(8)21(12,17)18)13-20(15,16)6-5-11(14)19-2/h3-4,7,13H,5-6H2,1-2H3,(H2,12,17,18). The first-order valence-corrected chi connectivity index (χ1v) is 8.96. The van der Waals surface area contributed by atoms with Crippen LogP contribution >= 0.6 is 0 Å². The largest absolute Gasteiger partial charge is 0.469 e. The Hall–Kier alpha value is -1.65. The molecule has 21 heavy (non-hydrogen) atoms. The molecule has 0 atom stereocenters. The van der Waals surface area contributed by atoms with Gasteiger partial charge in [-0.1, -0.05) is 6.07 Å². The van der Waals surface area contributed by atoms with E-state index in [0.717, 1.165) is 13.2 Å². The molecule has 10 heteroatoms. The number of anilines is 1. The molecule has 0 aromatic heterocycles. The van der Waals surface area contributed by atoms with E-state index in [1.165, 1.54) is 19.1 Å². The lowest BCUT2D eigenvalue weighted by atomic mass is 10.2. The molecule has 0 saturated heterocycles. The minimum Gasteiger partial charge on any atom is -0.469 e. The Balaban J connectivity index is 2.96. The van der Waals surface area contributed by atoms with Crippen molar-refractivity contribution in [3.05, 3.63) is 23.8 Å². The van der Waals surface area contributed by atoms with Crippen molar-refractivity contribution < 1.29 is 26.4 Å². The topological polar surface area (TPSA) is 133 Å². The van der Waals surface area contributed by atoms with Crippen molar-refractivity contribution in [3.63, 3.8) is 0 Å². The Labute approximate surface area is 123 Å². The molecule has 0 fully saturated rings. The molecule has 0 aliphatic rings. The van der Waals surface area contributed by atoms with Crippen LogP contribution in [0.3, 0.4) is 0 Å². The highest BCUT2D eigenvalue weighted by molar-refractivity contribution is 7.92. The second-order valence-electron chi connectivity index (χ2n) is 4.27. The number of nitrogens with two attached hydrogens (primary N) is 1. The average molecular weight is 336 g/mol. The molecule has 118 valence electrons. The number of ether oxygens (including phenoxy) is 1. The molecule has 0 heterocycles. The summed E-state index contributed by atoms with van der Waals surface area (Å²) < 4.78 is 52.8. The SMILES string of the molecule is COC(=O)CCS(=O)(=O)Nc1ccc(C)c(S(N)(=O)=O)c1. The van der Waals surface area contributed by atoms with Crippen molar-refractivity contribution in [2.45, 2.75) is 18.2 Å². The van der Waals surface area contributed by atoms with Crippen molar-refractivity contribution in [3.8, 4) is 0 Å². The first kappa shape index (κ1) is 17.4. The van der Waals surface area contributed by atoms with Crippen LogP contribution in [0.4, 0.5) is 5.69 Å². The summed E-state index contributed by atoms with van der Waals surface area (Å²) in [5, 5.41) is 5.04. The molecule has 3 N–H and O–H groups in total. The van der Waals surface area contributed by atoms with E-state index in [-0.39, 0.29) is 17.0 Å². The van der Waals surface area contributed by atoms with E-state index in [4.69, 9.17) is 5.14 Å². The van der Waals surface area contributed by atoms with Gasteiger partial charge in [0.15, 0.2) is 0 Å². The maximum absolute atomic E-state index is 11.8. The maximum atomic E-state index is 11.8. The fourth-order valence-electron chi connectivity index (χ4n) is 1.52. The number of hydrogen-bond acceptors (Lipinski definition) is 6. The molecule has 1 aromatic carbocycles. The van der Waals surface area contributed by atoms with Gasteiger partial charge in [0.2, 0.25) is 20.0 Å². The van der Waals surface area contributed by atoms with Gasteiger partial charge in [-0.2, -0.15) is 0 Å². The number of hydrogen-bond donors (Lipinski definition) is 2. The minimum atomic E-state index is -3.95. The summed E-state index contributed by atoms with van der Waals surface area (Å²) in [7, 11) is -6.60. The summed E-state index contributed by atoms with van der Waals surface area (Å²) in [6, 6.07) is 3.96. The summed E-state index contributed by atoms with van der Waals surface area (Å²) in [5.74, 6) is -1.13. The molecule has 0 radical (unpaired) electrons. The van der Waals surface area contributed by atoms with Gasteiger partial charge in [-0.3, -0.25) is 9.52 Å². The normalized spacial score (nSPS) is 12.0. The van der Waals surface area contributed by atoms with E-state index in [2.05, 4.69) is 9.46 Å². The van der Waals surface area contributed by atoms with Gasteiger partial charge in [0.25, 0.3) is 0 Å². The van der Waals surface area contributed by atoms with Crippen LogP contribution in [0.15, 0.2) is 23.1 Å². The van der Waals surface area contributed by atoms with Crippen molar-refractivity contribution in [2.24, 2.45) is 5.14 Å². The Kier molecular flexibility index (Phi) is 5.31. The number of carbonyl (C=O) groups excluding carboxylic acids is 1. The zero-order valence-electron chi connectivity index (χ0n) is 11.5. The van der Waals surface area contributed by atoms with E-state index in [0.29, 0.717) is 5.56 Å². The smallest absolute Gasteiger partial charge is 0.306 e. The third-order valence-corrected chi connectivity index (χ3v) is 4.91. The number of nitrogens with one attached hydrogen (secondary N) is 1. The minimum absolute atomic E-state index is 0.0505. The third kappa shape index (κ3) is 5.33. The number of aryl methyl sites for hydroxylation is 1. The van der Waals surface area contributed by atoms with Gasteiger partial charge in [0.1, 0.15) is 0 Å². The van der Waals surface area contributed by atoms with Crippen molar-refractivity contribution in [2.75, 3.05) is 17.6 Å². The van der Waals surface area contributed by atoms with Gasteiger partial charge in [0, 0.05) is 5.69 Å². The molecule has 0 unspecified atom stereocenters. The second kappa shape index (κ2) is 6.41. The molecule has 1 rings (SSSR count). The Morgan fingerprint density at radius 2 is 1.90 bits per heavy atom. The monoisotopic (exact) mass is 336 g/mol. The van der Waals surface area contributed by atoms with Crippen LogP contribution in [0, 0.1) is 6.92 Å². The van der Waals surface area contributed by atoms with Crippen LogP contribution in [0.25, 0.3) is 0 Å². The van der Waals surface area contributed by atoms with Gasteiger partial charge in [-0.25, -0.2) is 22.0 Å². The van der Waals surface area contributed by atoms with Crippen molar-refractivity contribution in [1.29, 1.82) is 0 Å². The number of benzene rings is 1. The summed E-state index contributed by atoms with van der Waals surface area (Å²) in [5.41, 5.74) is 0.449. The number of esters is 1. The maximum Gasteiger partial charge on any atom is 0.306 e. The van der Waals surface area contributed by atoms with Crippen LogP contribution in [-0.2, 0) is 29.6 Å². The predicted octanol–water partition coefficient (Wildman–Crippen LogP) is -0.0528. The summed E-state index contributed by atoms with van der Waals surface area (Å²) in [6.45, 7) is 1.54. The molecule has 0 saturated carbocycles. The second-order valence-corrected chi connectivity index (χ2v) is 7.64. The molecule has 1 aromatic rings. The van der Waals surface area contributed by atoms with E-state index in [9.17, 15) is 21.6 Å². The highest BCUT2D eigenvalue weighted by Gasteiger charge is 2.16. The van der Waals surface area contributed by atoms with Crippen LogP contribution in [0.5, 0.6) is 0 Å². The van der Waals surface area contributed by atoms with Gasteiger partial charge >= 0.3 is 5.97 Å². The molecule has 8 nitrogen and oxygen atoms in total. The highest BCUT2D eigenvalue weighted by Crippen LogP contribution is 2.20. The number of rotatable bonds is 6. The lowest BCUT2D eigenvalue weighted by Crippen LogP contribution is -2.20. The van der Waals surface area contributed by atoms with Gasteiger partial charge in [-0.05, 0) is 24.6 Å². The van der Waals surface area contributed by atoms with E-state index < -0.39 is 31.8 Å². The fraction of sp³-hybridized carbons (Fsp3) is 0.364. The number of carbonyl (C=O) groups is 1. The van der Waals surface area contributed by atoms with E-state index >= 15 is 0 Å². The van der Waals surface area contributed by atoms with Gasteiger partial charge in [-0.15, -0.1) is 0 Å². The lowest BCUT2D eigenvalue weighted by Gasteiger charge is -2.10.